The Balaban J connectivity index is 3.27. The molecule has 0 N–H and O–H groups in total. The highest BCUT2D eigenvalue weighted by Gasteiger charge is 1.97. The Hall–Kier alpha value is -2.16. The van der Waals surface area contributed by atoms with Gasteiger partial charge < -0.3 is 4.57 Å². The first-order valence-corrected chi connectivity index (χ1v) is 5.78. The van der Waals surface area contributed by atoms with E-state index >= 15 is 0 Å². The third-order valence-electron chi connectivity index (χ3n) is 2.48. The summed E-state index contributed by atoms with van der Waals surface area (Å²) in [5.41, 5.74) is 1.02. The van der Waals surface area contributed by atoms with Crippen molar-refractivity contribution in [3.05, 3.63) is 47.3 Å². The third-order valence-corrected chi connectivity index (χ3v) is 2.48. The van der Waals surface area contributed by atoms with Crippen LogP contribution in [-0.2, 0) is 0 Å². The minimum atomic E-state index is 0.864. The van der Waals surface area contributed by atoms with E-state index in [1.165, 1.54) is 0 Å². The number of rotatable bonds is 3. The average Bonchev–Trinajstić information content (AvgIpc) is 2.74. The molecule has 18 heavy (non-hydrogen) atoms. The molecule has 0 aliphatic rings. The van der Waals surface area contributed by atoms with Gasteiger partial charge in [-0.2, -0.15) is 0 Å². The van der Waals surface area contributed by atoms with Crippen LogP contribution in [0.25, 0.3) is 12.8 Å². The predicted octanol–water partition coefficient (Wildman–Crippen LogP) is 2.08. The van der Waals surface area contributed by atoms with Gasteiger partial charge in [-0.05, 0) is 37.6 Å². The van der Waals surface area contributed by atoms with E-state index in [1.807, 2.05) is 37.6 Å². The zero-order valence-corrected chi connectivity index (χ0v) is 11.2. The molecule has 0 radical (unpaired) electrons. The molecule has 1 aromatic rings. The molecular formula is C15H19N3. The molecule has 1 aromatic heterocycles. The zero-order valence-electron chi connectivity index (χ0n) is 11.2. The summed E-state index contributed by atoms with van der Waals surface area (Å²) >= 11 is 0. The fraction of sp³-hybridized carbons (Fsp3) is 0.200. The van der Waals surface area contributed by atoms with E-state index in [9.17, 15) is 0 Å². The van der Waals surface area contributed by atoms with Gasteiger partial charge in [0.25, 0.3) is 0 Å². The standard InChI is InChI=1S/C15H19N3/c1-6-12(3)10-17-14(5)18-9-8-13(4)15(18)11-16-7-2/h6-11H,1,4H2,2-3,5H3/b12-10-,15-11+,16-7-,17-14+. The summed E-state index contributed by atoms with van der Waals surface area (Å²) in [4.78, 5) is 8.53. The maximum atomic E-state index is 4.39. The number of hydrogen-bond acceptors (Lipinski definition) is 2. The maximum Gasteiger partial charge on any atom is 0.110 e. The van der Waals surface area contributed by atoms with E-state index in [4.69, 9.17) is 0 Å². The van der Waals surface area contributed by atoms with Crippen LogP contribution >= 0.6 is 0 Å². The normalized spacial score (nSPS) is 14.5. The molecule has 0 spiro atoms. The van der Waals surface area contributed by atoms with Gasteiger partial charge in [0.2, 0.25) is 0 Å². The Bertz CT molecular complexity index is 613. The van der Waals surface area contributed by atoms with Gasteiger partial charge in [-0.1, -0.05) is 19.2 Å². The number of aliphatic imine (C=N–C) groups is 2. The summed E-state index contributed by atoms with van der Waals surface area (Å²) in [5.74, 6) is 0.864. The van der Waals surface area contributed by atoms with E-state index in [0.717, 1.165) is 22.0 Å². The molecule has 1 heterocycles. The summed E-state index contributed by atoms with van der Waals surface area (Å²) in [5, 5.41) is 1.87. The Kier molecular flexibility index (Phi) is 5.06. The van der Waals surface area contributed by atoms with Crippen LogP contribution in [0, 0.1) is 0 Å². The lowest BCUT2D eigenvalue weighted by molar-refractivity contribution is 1.08. The molecule has 3 heteroatoms. The molecule has 0 saturated heterocycles. The van der Waals surface area contributed by atoms with E-state index in [1.54, 1.807) is 24.7 Å². The van der Waals surface area contributed by atoms with Gasteiger partial charge in [-0.15, -0.1) is 0 Å². The van der Waals surface area contributed by atoms with Crippen molar-refractivity contribution in [1.82, 2.24) is 4.57 Å². The zero-order chi connectivity index (χ0) is 13.5. The van der Waals surface area contributed by atoms with Crippen molar-refractivity contribution in [3.8, 4) is 0 Å². The lowest BCUT2D eigenvalue weighted by atomic mass is 10.3. The maximum absolute atomic E-state index is 4.39. The fourth-order valence-corrected chi connectivity index (χ4v) is 1.37. The molecule has 94 valence electrons. The Morgan fingerprint density at radius 1 is 1.39 bits per heavy atom. The summed E-state index contributed by atoms with van der Waals surface area (Å²) in [7, 11) is 0. The van der Waals surface area contributed by atoms with Crippen LogP contribution < -0.4 is 10.6 Å². The third kappa shape index (κ3) is 3.42. The summed E-state index contributed by atoms with van der Waals surface area (Å²) < 4.78 is 1.96. The first-order valence-electron chi connectivity index (χ1n) is 5.78. The second-order valence-electron chi connectivity index (χ2n) is 3.89. The van der Waals surface area contributed by atoms with E-state index in [-0.39, 0.29) is 0 Å². The van der Waals surface area contributed by atoms with Crippen LogP contribution in [0.4, 0.5) is 0 Å². The number of aromatic nitrogens is 1. The average molecular weight is 241 g/mol. The SMILES string of the molecule is C=C/C(C)=C\N=C(/C)n1ccc(=C)/c1=C\N=C/C. The molecule has 0 saturated carbocycles. The predicted molar refractivity (Wildman–Crippen MR) is 80.3 cm³/mol. The van der Waals surface area contributed by atoms with Crippen molar-refractivity contribution in [2.75, 3.05) is 0 Å². The summed E-state index contributed by atoms with van der Waals surface area (Å²) in [6, 6.07) is 1.94. The molecular weight excluding hydrogens is 222 g/mol. The highest BCUT2D eigenvalue weighted by atomic mass is 15.0. The minimum Gasteiger partial charge on any atom is -0.303 e. The first-order chi connectivity index (χ1) is 8.60. The van der Waals surface area contributed by atoms with Gasteiger partial charge in [0.05, 0.1) is 11.5 Å². The molecule has 0 unspecified atom stereocenters. The number of hydrogen-bond donors (Lipinski definition) is 0. The van der Waals surface area contributed by atoms with Crippen molar-refractivity contribution in [2.24, 2.45) is 9.98 Å². The van der Waals surface area contributed by atoms with Gasteiger partial charge in [-0.3, -0.25) is 4.99 Å². The molecule has 0 fully saturated rings. The Morgan fingerprint density at radius 3 is 2.72 bits per heavy atom. The highest BCUT2D eigenvalue weighted by Crippen LogP contribution is 1.94. The fourth-order valence-electron chi connectivity index (χ4n) is 1.37. The van der Waals surface area contributed by atoms with Crippen LogP contribution in [0.2, 0.25) is 0 Å². The molecule has 1 rings (SSSR count). The van der Waals surface area contributed by atoms with Crippen molar-refractivity contribution in [1.29, 1.82) is 0 Å². The van der Waals surface area contributed by atoms with Crippen molar-refractivity contribution in [2.45, 2.75) is 20.8 Å². The molecule has 0 aliphatic carbocycles. The lowest BCUT2D eigenvalue weighted by Crippen LogP contribution is -2.30. The highest BCUT2D eigenvalue weighted by molar-refractivity contribution is 5.83. The second kappa shape index (κ2) is 6.55. The van der Waals surface area contributed by atoms with Crippen molar-refractivity contribution < 1.29 is 0 Å². The quantitative estimate of drug-likeness (QED) is 0.440. The van der Waals surface area contributed by atoms with Crippen LogP contribution in [0.3, 0.4) is 0 Å². The van der Waals surface area contributed by atoms with E-state index < -0.39 is 0 Å². The van der Waals surface area contributed by atoms with Crippen LogP contribution in [-0.4, -0.2) is 16.6 Å². The van der Waals surface area contributed by atoms with E-state index in [2.05, 4.69) is 23.1 Å². The van der Waals surface area contributed by atoms with Crippen LogP contribution in [0.5, 0.6) is 0 Å². The topological polar surface area (TPSA) is 29.6 Å². The molecule has 0 amide bonds. The van der Waals surface area contributed by atoms with E-state index in [0.29, 0.717) is 0 Å². The Labute approximate surface area is 108 Å². The van der Waals surface area contributed by atoms with Gasteiger partial charge >= 0.3 is 0 Å². The molecule has 0 aromatic carbocycles. The smallest absolute Gasteiger partial charge is 0.110 e. The molecule has 0 aliphatic heterocycles. The first kappa shape index (κ1) is 13.9. The van der Waals surface area contributed by atoms with Gasteiger partial charge in [0.15, 0.2) is 0 Å². The molecule has 0 bridgehead atoms. The molecule has 0 atom stereocenters. The number of allylic oxidation sites excluding steroid dienone is 2. The van der Waals surface area contributed by atoms with Gasteiger partial charge in [0.1, 0.15) is 5.84 Å². The van der Waals surface area contributed by atoms with Crippen molar-refractivity contribution in [3.63, 3.8) is 0 Å². The second-order valence-corrected chi connectivity index (χ2v) is 3.89. The summed E-state index contributed by atoms with van der Waals surface area (Å²) in [6.07, 6.45) is 9.03. The largest absolute Gasteiger partial charge is 0.303 e. The van der Waals surface area contributed by atoms with Crippen molar-refractivity contribution >= 4 is 24.8 Å². The summed E-state index contributed by atoms with van der Waals surface area (Å²) in [6.45, 7) is 13.5. The lowest BCUT2D eigenvalue weighted by Gasteiger charge is -2.01. The number of nitrogens with zero attached hydrogens (tertiary/aromatic N) is 3. The van der Waals surface area contributed by atoms with Crippen LogP contribution in [0.15, 0.2) is 46.7 Å². The van der Waals surface area contributed by atoms with Gasteiger partial charge in [-0.25, -0.2) is 4.99 Å². The molecule has 3 nitrogen and oxygen atoms in total. The minimum absolute atomic E-state index is 0.864. The van der Waals surface area contributed by atoms with Crippen LogP contribution in [0.1, 0.15) is 20.8 Å². The van der Waals surface area contributed by atoms with Gasteiger partial charge in [0, 0.05) is 18.6 Å². The monoisotopic (exact) mass is 241 g/mol. The Morgan fingerprint density at radius 2 is 2.11 bits per heavy atom.